The smallest absolute Gasteiger partial charge is 0.238 e. The van der Waals surface area contributed by atoms with Crippen molar-refractivity contribution in [2.45, 2.75) is 11.8 Å². The van der Waals surface area contributed by atoms with Gasteiger partial charge in [0.05, 0.1) is 21.1 Å². The fourth-order valence-corrected chi connectivity index (χ4v) is 3.82. The van der Waals surface area contributed by atoms with Crippen LogP contribution in [0, 0.1) is 0 Å². The quantitative estimate of drug-likeness (QED) is 0.392. The van der Waals surface area contributed by atoms with Crippen LogP contribution in [0.3, 0.4) is 0 Å². The third-order valence-electron chi connectivity index (χ3n) is 3.48. The van der Waals surface area contributed by atoms with Crippen LogP contribution in [-0.2, 0) is 14.8 Å². The summed E-state index contributed by atoms with van der Waals surface area (Å²) >= 11 is 13.0. The number of amides is 1. The van der Waals surface area contributed by atoms with E-state index in [9.17, 15) is 18.3 Å². The van der Waals surface area contributed by atoms with E-state index in [0.717, 1.165) is 11.5 Å². The Hall–Kier alpha value is -2.31. The first-order valence-corrected chi connectivity index (χ1v) is 10.5. The molecule has 9 nitrogen and oxygen atoms in total. The van der Waals surface area contributed by atoms with Crippen LogP contribution in [0.15, 0.2) is 39.4 Å². The van der Waals surface area contributed by atoms with Crippen LogP contribution < -0.4 is 10.5 Å². The third kappa shape index (κ3) is 4.08. The lowest BCUT2D eigenvalue weighted by atomic mass is 10.2. The highest BCUT2D eigenvalue weighted by Crippen LogP contribution is 2.44. The molecule has 0 saturated heterocycles. The number of carbonyl (C=O) groups is 1. The first-order chi connectivity index (χ1) is 13.1. The number of anilines is 1. The van der Waals surface area contributed by atoms with Crippen LogP contribution in [0.1, 0.15) is 6.92 Å². The number of sulfonamides is 1. The third-order valence-corrected chi connectivity index (χ3v) is 6.00. The molecule has 0 saturated carbocycles. The van der Waals surface area contributed by atoms with Gasteiger partial charge in [0.15, 0.2) is 10.8 Å². The zero-order chi connectivity index (χ0) is 20.6. The van der Waals surface area contributed by atoms with Gasteiger partial charge in [-0.15, -0.1) is 10.2 Å². The molecule has 0 aliphatic rings. The number of aromatic hydroxyl groups is 1. The Bertz CT molecular complexity index is 1240. The van der Waals surface area contributed by atoms with E-state index >= 15 is 0 Å². The molecule has 0 bridgehead atoms. The average Bonchev–Trinajstić information content (AvgIpc) is 3.02. The van der Waals surface area contributed by atoms with Gasteiger partial charge in [-0.05, 0) is 35.8 Å². The number of carbonyl (C=O) groups excluding carboxylic acids is 1. The van der Waals surface area contributed by atoms with E-state index < -0.39 is 21.7 Å². The first kappa shape index (κ1) is 20.4. The number of nitrogens with two attached hydrogens (primary N) is 1. The molecule has 13 heteroatoms. The maximum Gasteiger partial charge on any atom is 0.238 e. The molecular formula is C15H11Cl2N5O4S2. The fraction of sp³-hybridized carbons (Fsp3) is 0.0667. The summed E-state index contributed by atoms with van der Waals surface area (Å²) in [5.41, 5.74) is 0.610. The SMILES string of the molecule is CC(=O)Nc1cc(/N=N/c2snc3ccc(S(N)(=O)=O)cc23)c(Cl)c(Cl)c1O. The van der Waals surface area contributed by atoms with E-state index in [1.165, 1.54) is 31.2 Å². The molecule has 0 radical (unpaired) electrons. The lowest BCUT2D eigenvalue weighted by Gasteiger charge is -2.09. The Labute approximate surface area is 173 Å². The lowest BCUT2D eigenvalue weighted by molar-refractivity contribution is -0.114. The van der Waals surface area contributed by atoms with Gasteiger partial charge in [-0.3, -0.25) is 4.79 Å². The second-order valence-corrected chi connectivity index (χ2v) is 8.58. The summed E-state index contributed by atoms with van der Waals surface area (Å²) < 4.78 is 27.3. The van der Waals surface area contributed by atoms with E-state index in [1.54, 1.807) is 0 Å². The number of fused-ring (bicyclic) bond motifs is 1. The van der Waals surface area contributed by atoms with Gasteiger partial charge in [0.2, 0.25) is 15.9 Å². The first-order valence-electron chi connectivity index (χ1n) is 7.40. The molecule has 0 aliphatic carbocycles. The summed E-state index contributed by atoms with van der Waals surface area (Å²) in [4.78, 5) is 11.2. The van der Waals surface area contributed by atoms with Gasteiger partial charge in [0.25, 0.3) is 0 Å². The molecule has 1 aromatic heterocycles. The van der Waals surface area contributed by atoms with Crippen molar-refractivity contribution in [1.29, 1.82) is 0 Å². The minimum Gasteiger partial charge on any atom is -0.504 e. The summed E-state index contributed by atoms with van der Waals surface area (Å²) in [6, 6.07) is 5.49. The number of rotatable bonds is 4. The molecule has 0 fully saturated rings. The Morgan fingerprint density at radius 1 is 1.25 bits per heavy atom. The normalized spacial score (nSPS) is 12.0. The molecule has 3 rings (SSSR count). The van der Waals surface area contributed by atoms with Crippen molar-refractivity contribution < 1.29 is 18.3 Å². The van der Waals surface area contributed by atoms with Crippen LogP contribution >= 0.6 is 34.7 Å². The minimum atomic E-state index is -3.89. The van der Waals surface area contributed by atoms with Crippen LogP contribution in [0.4, 0.5) is 16.4 Å². The van der Waals surface area contributed by atoms with Gasteiger partial charge in [0.1, 0.15) is 10.7 Å². The predicted molar refractivity (Wildman–Crippen MR) is 108 cm³/mol. The molecule has 3 aromatic rings. The molecule has 0 unspecified atom stereocenters. The number of azo groups is 1. The Morgan fingerprint density at radius 3 is 2.61 bits per heavy atom. The Morgan fingerprint density at radius 2 is 1.96 bits per heavy atom. The number of nitrogens with zero attached hydrogens (tertiary/aromatic N) is 3. The molecule has 2 aromatic carbocycles. The van der Waals surface area contributed by atoms with Gasteiger partial charge in [-0.25, -0.2) is 13.6 Å². The molecular weight excluding hydrogens is 449 g/mol. The summed E-state index contributed by atoms with van der Waals surface area (Å²) in [5.74, 6) is -0.831. The number of nitrogens with one attached hydrogen (secondary N) is 1. The summed E-state index contributed by atoms with van der Waals surface area (Å²) in [6.07, 6.45) is 0. The van der Waals surface area contributed by atoms with Gasteiger partial charge in [-0.2, -0.15) is 4.37 Å². The number of phenolic OH excluding ortho intramolecular Hbond substituents is 1. The van der Waals surface area contributed by atoms with E-state index in [0.29, 0.717) is 15.9 Å². The lowest BCUT2D eigenvalue weighted by Crippen LogP contribution is -2.11. The average molecular weight is 460 g/mol. The molecule has 1 amide bonds. The zero-order valence-corrected chi connectivity index (χ0v) is 17.1. The maximum absolute atomic E-state index is 11.5. The van der Waals surface area contributed by atoms with Crippen molar-refractivity contribution in [2.24, 2.45) is 15.4 Å². The van der Waals surface area contributed by atoms with Gasteiger partial charge in [-0.1, -0.05) is 23.2 Å². The standard InChI is InChI=1S/C15H11Cl2N5O4S2/c1-6(23)19-11-5-10(12(16)13(17)14(11)24)20-21-15-8-4-7(28(18,25)26)2-3-9(8)22-27-15/h2-5,24H,1H3,(H,19,23)(H2,18,25,26)/b21-20+. The zero-order valence-electron chi connectivity index (χ0n) is 14.0. The van der Waals surface area contributed by atoms with E-state index in [4.69, 9.17) is 28.3 Å². The van der Waals surface area contributed by atoms with Crippen molar-refractivity contribution in [3.8, 4) is 5.75 Å². The molecule has 0 atom stereocenters. The van der Waals surface area contributed by atoms with Crippen molar-refractivity contribution in [3.05, 3.63) is 34.3 Å². The number of hydrogen-bond donors (Lipinski definition) is 3. The van der Waals surface area contributed by atoms with Crippen molar-refractivity contribution >= 4 is 77.9 Å². The molecule has 146 valence electrons. The number of benzene rings is 2. The van der Waals surface area contributed by atoms with Crippen molar-refractivity contribution in [1.82, 2.24) is 4.37 Å². The van der Waals surface area contributed by atoms with E-state index in [-0.39, 0.29) is 26.3 Å². The number of phenols is 1. The summed E-state index contributed by atoms with van der Waals surface area (Å²) in [6.45, 7) is 1.26. The predicted octanol–water partition coefficient (Wildman–Crippen LogP) is 4.33. The minimum absolute atomic E-state index is 0.0153. The Balaban J connectivity index is 2.07. The van der Waals surface area contributed by atoms with Gasteiger partial charge < -0.3 is 10.4 Å². The van der Waals surface area contributed by atoms with Crippen LogP contribution in [0.2, 0.25) is 10.0 Å². The molecule has 0 spiro atoms. The fourth-order valence-electron chi connectivity index (χ4n) is 2.22. The highest BCUT2D eigenvalue weighted by atomic mass is 35.5. The van der Waals surface area contributed by atoms with Crippen LogP contribution in [-0.4, -0.2) is 23.8 Å². The van der Waals surface area contributed by atoms with E-state index in [2.05, 4.69) is 19.9 Å². The highest BCUT2D eigenvalue weighted by molar-refractivity contribution is 7.89. The monoisotopic (exact) mass is 459 g/mol. The highest BCUT2D eigenvalue weighted by Gasteiger charge is 2.17. The summed E-state index contributed by atoms with van der Waals surface area (Å²) in [7, 11) is -3.89. The number of halogens is 2. The maximum atomic E-state index is 11.5. The van der Waals surface area contributed by atoms with Gasteiger partial charge in [0, 0.05) is 12.3 Å². The molecule has 28 heavy (non-hydrogen) atoms. The van der Waals surface area contributed by atoms with Crippen molar-refractivity contribution in [2.75, 3.05) is 5.32 Å². The summed E-state index contributed by atoms with van der Waals surface area (Å²) in [5, 5.41) is 26.0. The molecule has 0 aliphatic heterocycles. The van der Waals surface area contributed by atoms with E-state index in [1.807, 2.05) is 0 Å². The van der Waals surface area contributed by atoms with Gasteiger partial charge >= 0.3 is 0 Å². The van der Waals surface area contributed by atoms with Crippen LogP contribution in [0.5, 0.6) is 5.75 Å². The second kappa shape index (κ2) is 7.60. The number of primary sulfonamides is 1. The number of hydrogen-bond acceptors (Lipinski definition) is 8. The molecule has 1 heterocycles. The Kier molecular flexibility index (Phi) is 5.55. The topological polar surface area (TPSA) is 147 Å². The number of aromatic nitrogens is 1. The van der Waals surface area contributed by atoms with Crippen molar-refractivity contribution in [3.63, 3.8) is 0 Å². The second-order valence-electron chi connectivity index (χ2n) is 5.51. The van der Waals surface area contributed by atoms with Crippen LogP contribution in [0.25, 0.3) is 10.9 Å². The molecule has 4 N–H and O–H groups in total. The largest absolute Gasteiger partial charge is 0.504 e.